The number of thiophene rings is 1. The molecule has 3 rings (SSSR count). The minimum Gasteiger partial charge on any atom is -0.384 e. The van der Waals surface area contributed by atoms with Gasteiger partial charge < -0.3 is 10.6 Å². The van der Waals surface area contributed by atoms with E-state index in [0.717, 1.165) is 30.6 Å². The lowest BCUT2D eigenvalue weighted by atomic mass is 10.1. The van der Waals surface area contributed by atoms with Crippen LogP contribution in [-0.4, -0.2) is 19.0 Å². The third-order valence-corrected chi connectivity index (χ3v) is 4.26. The molecule has 0 atom stereocenters. The van der Waals surface area contributed by atoms with Gasteiger partial charge in [0.05, 0.1) is 0 Å². The first-order valence-corrected chi connectivity index (χ1v) is 7.38. The summed E-state index contributed by atoms with van der Waals surface area (Å²) in [5.74, 6) is 0.00746. The van der Waals surface area contributed by atoms with Crippen LogP contribution in [0, 0.1) is 0 Å². The fraction of sp³-hybridized carbons (Fsp3) is 0.267. The standard InChI is InChI=1S/C15H16N2OS/c18-15(17-8-6-13-2-1-9-19-13)12-4-3-11-5-7-16-14(11)10-12/h1-4,9-10,16H,5-8H2,(H,17,18). The molecule has 1 aliphatic rings. The summed E-state index contributed by atoms with van der Waals surface area (Å²) >= 11 is 1.73. The first kappa shape index (κ1) is 12.2. The summed E-state index contributed by atoms with van der Waals surface area (Å²) in [7, 11) is 0. The Bertz CT molecular complexity index is 578. The van der Waals surface area contributed by atoms with E-state index in [1.165, 1.54) is 10.4 Å². The summed E-state index contributed by atoms with van der Waals surface area (Å²) < 4.78 is 0. The minimum atomic E-state index is 0.00746. The molecule has 0 bridgehead atoms. The molecule has 98 valence electrons. The van der Waals surface area contributed by atoms with Crippen LogP contribution < -0.4 is 10.6 Å². The zero-order valence-electron chi connectivity index (χ0n) is 10.6. The van der Waals surface area contributed by atoms with Crippen LogP contribution in [0.1, 0.15) is 20.8 Å². The molecule has 0 aliphatic carbocycles. The molecule has 1 aliphatic heterocycles. The van der Waals surface area contributed by atoms with Crippen molar-refractivity contribution in [1.82, 2.24) is 5.32 Å². The third kappa shape index (κ3) is 2.79. The van der Waals surface area contributed by atoms with Gasteiger partial charge in [-0.15, -0.1) is 11.3 Å². The maximum atomic E-state index is 12.0. The van der Waals surface area contributed by atoms with Gasteiger partial charge in [-0.3, -0.25) is 4.79 Å². The molecule has 1 aromatic heterocycles. The molecule has 3 nitrogen and oxygen atoms in total. The molecule has 4 heteroatoms. The van der Waals surface area contributed by atoms with Gasteiger partial charge >= 0.3 is 0 Å². The summed E-state index contributed by atoms with van der Waals surface area (Å²) in [4.78, 5) is 13.3. The largest absolute Gasteiger partial charge is 0.384 e. The fourth-order valence-electron chi connectivity index (χ4n) is 2.29. The van der Waals surface area contributed by atoms with E-state index in [0.29, 0.717) is 6.54 Å². The molecule has 1 aromatic carbocycles. The van der Waals surface area contributed by atoms with E-state index in [1.807, 2.05) is 24.3 Å². The van der Waals surface area contributed by atoms with E-state index in [4.69, 9.17) is 0 Å². The Balaban J connectivity index is 1.58. The zero-order chi connectivity index (χ0) is 13.1. The second-order valence-electron chi connectivity index (χ2n) is 4.63. The van der Waals surface area contributed by atoms with Crippen molar-refractivity contribution in [2.75, 3.05) is 18.4 Å². The second kappa shape index (κ2) is 5.45. The van der Waals surface area contributed by atoms with Crippen LogP contribution in [0.25, 0.3) is 0 Å². The molecule has 2 aromatic rings. The number of benzene rings is 1. The molecule has 19 heavy (non-hydrogen) atoms. The average molecular weight is 272 g/mol. The zero-order valence-corrected chi connectivity index (χ0v) is 11.4. The van der Waals surface area contributed by atoms with Crippen LogP contribution in [-0.2, 0) is 12.8 Å². The lowest BCUT2D eigenvalue weighted by molar-refractivity contribution is 0.0954. The van der Waals surface area contributed by atoms with E-state index < -0.39 is 0 Å². The monoisotopic (exact) mass is 272 g/mol. The minimum absolute atomic E-state index is 0.00746. The summed E-state index contributed by atoms with van der Waals surface area (Å²) in [5, 5.41) is 8.32. The number of nitrogens with one attached hydrogen (secondary N) is 2. The molecule has 0 unspecified atom stereocenters. The second-order valence-corrected chi connectivity index (χ2v) is 5.67. The van der Waals surface area contributed by atoms with Gasteiger partial charge in [-0.2, -0.15) is 0 Å². The maximum absolute atomic E-state index is 12.0. The van der Waals surface area contributed by atoms with Crippen molar-refractivity contribution in [3.05, 3.63) is 51.7 Å². The van der Waals surface area contributed by atoms with Gasteiger partial charge in [0.1, 0.15) is 0 Å². The number of fused-ring (bicyclic) bond motifs is 1. The van der Waals surface area contributed by atoms with Crippen molar-refractivity contribution >= 4 is 22.9 Å². The predicted molar refractivity (Wildman–Crippen MR) is 79.0 cm³/mol. The van der Waals surface area contributed by atoms with Crippen molar-refractivity contribution in [2.24, 2.45) is 0 Å². The number of hydrogen-bond acceptors (Lipinski definition) is 3. The summed E-state index contributed by atoms with van der Waals surface area (Å²) in [6.45, 7) is 1.66. The predicted octanol–water partition coefficient (Wildman–Crippen LogP) is 2.69. The van der Waals surface area contributed by atoms with Gasteiger partial charge in [0, 0.05) is 29.2 Å². The highest BCUT2D eigenvalue weighted by Gasteiger charge is 2.13. The van der Waals surface area contributed by atoms with Crippen molar-refractivity contribution in [3.8, 4) is 0 Å². The molecule has 0 radical (unpaired) electrons. The smallest absolute Gasteiger partial charge is 0.251 e. The fourth-order valence-corrected chi connectivity index (χ4v) is 3.00. The summed E-state index contributed by atoms with van der Waals surface area (Å²) in [6.07, 6.45) is 1.95. The molecule has 2 heterocycles. The number of carbonyl (C=O) groups excluding carboxylic acids is 1. The van der Waals surface area contributed by atoms with Crippen LogP contribution >= 0.6 is 11.3 Å². The lowest BCUT2D eigenvalue weighted by Crippen LogP contribution is -2.25. The average Bonchev–Trinajstić information content (AvgIpc) is 3.08. The number of hydrogen-bond donors (Lipinski definition) is 2. The SMILES string of the molecule is O=C(NCCc1cccs1)c1ccc2c(c1)NCC2. The lowest BCUT2D eigenvalue weighted by Gasteiger charge is -2.06. The highest BCUT2D eigenvalue weighted by Crippen LogP contribution is 2.23. The van der Waals surface area contributed by atoms with Gasteiger partial charge in [-0.05, 0) is 42.0 Å². The van der Waals surface area contributed by atoms with E-state index in [1.54, 1.807) is 11.3 Å². The maximum Gasteiger partial charge on any atom is 0.251 e. The quantitative estimate of drug-likeness (QED) is 0.898. The molecule has 1 amide bonds. The van der Waals surface area contributed by atoms with Crippen molar-refractivity contribution in [1.29, 1.82) is 0 Å². The highest BCUT2D eigenvalue weighted by atomic mass is 32.1. The Hall–Kier alpha value is -1.81. The summed E-state index contributed by atoms with van der Waals surface area (Å²) in [5.41, 5.74) is 3.14. The Kier molecular flexibility index (Phi) is 3.51. The molecule has 2 N–H and O–H groups in total. The Morgan fingerprint density at radius 3 is 3.16 bits per heavy atom. The number of carbonyl (C=O) groups is 1. The highest BCUT2D eigenvalue weighted by molar-refractivity contribution is 7.09. The molecule has 0 fully saturated rings. The van der Waals surface area contributed by atoms with Crippen molar-refractivity contribution in [3.63, 3.8) is 0 Å². The molecular weight excluding hydrogens is 256 g/mol. The first-order chi connectivity index (χ1) is 9.33. The van der Waals surface area contributed by atoms with Crippen LogP contribution in [0.15, 0.2) is 35.7 Å². The Labute approximate surface area is 116 Å². The topological polar surface area (TPSA) is 41.1 Å². The van der Waals surface area contributed by atoms with E-state index >= 15 is 0 Å². The van der Waals surface area contributed by atoms with Gasteiger partial charge in [0.15, 0.2) is 0 Å². The Morgan fingerprint density at radius 2 is 2.32 bits per heavy atom. The van der Waals surface area contributed by atoms with Gasteiger partial charge in [-0.1, -0.05) is 12.1 Å². The summed E-state index contributed by atoms with van der Waals surface area (Å²) in [6, 6.07) is 10.0. The number of anilines is 1. The van der Waals surface area contributed by atoms with Crippen LogP contribution in [0.4, 0.5) is 5.69 Å². The normalized spacial score (nSPS) is 12.8. The van der Waals surface area contributed by atoms with Crippen LogP contribution in [0.3, 0.4) is 0 Å². The van der Waals surface area contributed by atoms with E-state index in [9.17, 15) is 4.79 Å². The Morgan fingerprint density at radius 1 is 1.37 bits per heavy atom. The number of amides is 1. The van der Waals surface area contributed by atoms with Gasteiger partial charge in [-0.25, -0.2) is 0 Å². The van der Waals surface area contributed by atoms with Gasteiger partial charge in [0.2, 0.25) is 0 Å². The third-order valence-electron chi connectivity index (χ3n) is 3.32. The first-order valence-electron chi connectivity index (χ1n) is 6.50. The van der Waals surface area contributed by atoms with Gasteiger partial charge in [0.25, 0.3) is 5.91 Å². The van der Waals surface area contributed by atoms with Crippen LogP contribution in [0.2, 0.25) is 0 Å². The number of rotatable bonds is 4. The molecule has 0 spiro atoms. The van der Waals surface area contributed by atoms with Crippen LogP contribution in [0.5, 0.6) is 0 Å². The molecular formula is C15H16N2OS. The molecule has 0 saturated heterocycles. The van der Waals surface area contributed by atoms with E-state index in [-0.39, 0.29) is 5.91 Å². The van der Waals surface area contributed by atoms with E-state index in [2.05, 4.69) is 22.1 Å². The van der Waals surface area contributed by atoms with Crippen molar-refractivity contribution in [2.45, 2.75) is 12.8 Å². The molecule has 0 saturated carbocycles. The van der Waals surface area contributed by atoms with Crippen molar-refractivity contribution < 1.29 is 4.79 Å².